The topological polar surface area (TPSA) is 42.6 Å². The van der Waals surface area contributed by atoms with E-state index in [1.54, 1.807) is 16.9 Å². The quantitative estimate of drug-likeness (QED) is 0.888. The standard InChI is InChI=1S/C19H25FN4O/c1-3-6-18-17(19(25)23-11-9-22(4-2)10-12-23)14-21-24(18)16-8-5-7-15(20)13-16/h5,7-8,13-14H,3-4,6,9-12H2,1-2H3/p+1. The molecule has 2 aromatic rings. The molecule has 1 aliphatic rings. The second-order valence-electron chi connectivity index (χ2n) is 6.54. The third-order valence-corrected chi connectivity index (χ3v) is 4.90. The molecule has 5 nitrogen and oxygen atoms in total. The number of amides is 1. The van der Waals surface area contributed by atoms with E-state index in [0.717, 1.165) is 51.3 Å². The van der Waals surface area contributed by atoms with Crippen LogP contribution in [0.1, 0.15) is 36.3 Å². The highest BCUT2D eigenvalue weighted by molar-refractivity contribution is 5.95. The molecule has 1 saturated heterocycles. The molecule has 1 N–H and O–H groups in total. The molecule has 0 radical (unpaired) electrons. The van der Waals surface area contributed by atoms with Crippen LogP contribution in [0.25, 0.3) is 5.69 Å². The number of nitrogens with zero attached hydrogens (tertiary/aromatic N) is 3. The number of benzene rings is 1. The molecule has 6 heteroatoms. The fraction of sp³-hybridized carbons (Fsp3) is 0.474. The van der Waals surface area contributed by atoms with Crippen molar-refractivity contribution in [1.29, 1.82) is 0 Å². The molecule has 0 saturated carbocycles. The Balaban J connectivity index is 1.88. The Morgan fingerprint density at radius 1 is 1.28 bits per heavy atom. The van der Waals surface area contributed by atoms with Gasteiger partial charge in [0.1, 0.15) is 5.82 Å². The third kappa shape index (κ3) is 3.74. The zero-order chi connectivity index (χ0) is 17.8. The van der Waals surface area contributed by atoms with E-state index in [1.807, 2.05) is 11.0 Å². The lowest BCUT2D eigenvalue weighted by Crippen LogP contribution is -3.14. The number of nitrogens with one attached hydrogen (secondary N) is 1. The Hall–Kier alpha value is -2.21. The number of rotatable bonds is 5. The monoisotopic (exact) mass is 345 g/mol. The number of hydrogen-bond donors (Lipinski definition) is 1. The lowest BCUT2D eigenvalue weighted by Gasteiger charge is -2.31. The van der Waals surface area contributed by atoms with Gasteiger partial charge in [-0.25, -0.2) is 9.07 Å². The first-order valence-corrected chi connectivity index (χ1v) is 9.09. The molecule has 0 aliphatic carbocycles. The van der Waals surface area contributed by atoms with Crippen LogP contribution in [0.4, 0.5) is 4.39 Å². The van der Waals surface area contributed by atoms with Gasteiger partial charge in [0.15, 0.2) is 0 Å². The van der Waals surface area contributed by atoms with Gasteiger partial charge in [0.2, 0.25) is 0 Å². The third-order valence-electron chi connectivity index (χ3n) is 4.90. The van der Waals surface area contributed by atoms with Crippen LogP contribution in [0.15, 0.2) is 30.5 Å². The molecule has 134 valence electrons. The summed E-state index contributed by atoms with van der Waals surface area (Å²) in [6.07, 6.45) is 3.27. The van der Waals surface area contributed by atoms with Crippen molar-refractivity contribution in [2.75, 3.05) is 32.7 Å². The number of aromatic nitrogens is 2. The van der Waals surface area contributed by atoms with Crippen molar-refractivity contribution in [3.8, 4) is 5.69 Å². The summed E-state index contributed by atoms with van der Waals surface area (Å²) in [5, 5.41) is 4.39. The summed E-state index contributed by atoms with van der Waals surface area (Å²) in [7, 11) is 0. The van der Waals surface area contributed by atoms with Gasteiger partial charge in [-0.3, -0.25) is 4.79 Å². The minimum Gasteiger partial charge on any atom is -0.332 e. The van der Waals surface area contributed by atoms with Gasteiger partial charge in [0.25, 0.3) is 5.91 Å². The van der Waals surface area contributed by atoms with E-state index in [9.17, 15) is 9.18 Å². The van der Waals surface area contributed by atoms with E-state index in [0.29, 0.717) is 11.3 Å². The molecule has 0 unspecified atom stereocenters. The average Bonchev–Trinajstić information content (AvgIpc) is 3.05. The van der Waals surface area contributed by atoms with Gasteiger partial charge in [-0.05, 0) is 31.5 Å². The largest absolute Gasteiger partial charge is 0.332 e. The summed E-state index contributed by atoms with van der Waals surface area (Å²) >= 11 is 0. The molecular formula is C19H26FN4O+. The molecule has 0 atom stereocenters. The van der Waals surface area contributed by atoms with Crippen LogP contribution in [0, 0.1) is 5.82 Å². The second-order valence-corrected chi connectivity index (χ2v) is 6.54. The Bertz CT molecular complexity index is 735. The van der Waals surface area contributed by atoms with Crippen LogP contribution >= 0.6 is 0 Å². The number of carbonyl (C=O) groups is 1. The normalized spacial score (nSPS) is 15.6. The molecule has 1 aromatic heterocycles. The van der Waals surface area contributed by atoms with Crippen molar-refractivity contribution in [1.82, 2.24) is 14.7 Å². The van der Waals surface area contributed by atoms with Crippen molar-refractivity contribution >= 4 is 5.91 Å². The van der Waals surface area contributed by atoms with Crippen molar-refractivity contribution in [2.24, 2.45) is 0 Å². The second kappa shape index (κ2) is 7.78. The zero-order valence-corrected chi connectivity index (χ0v) is 15.0. The summed E-state index contributed by atoms with van der Waals surface area (Å²) in [4.78, 5) is 16.4. The summed E-state index contributed by atoms with van der Waals surface area (Å²) in [5.41, 5.74) is 2.16. The Labute approximate surface area is 148 Å². The van der Waals surface area contributed by atoms with Gasteiger partial charge in [-0.2, -0.15) is 5.10 Å². The van der Waals surface area contributed by atoms with Crippen LogP contribution in [0.3, 0.4) is 0 Å². The van der Waals surface area contributed by atoms with E-state index < -0.39 is 0 Å². The molecule has 1 aromatic carbocycles. The first-order chi connectivity index (χ1) is 12.1. The molecule has 1 aliphatic heterocycles. The van der Waals surface area contributed by atoms with Crippen LogP contribution in [0.5, 0.6) is 0 Å². The first kappa shape index (κ1) is 17.6. The van der Waals surface area contributed by atoms with Crippen LogP contribution in [-0.2, 0) is 6.42 Å². The lowest BCUT2D eigenvalue weighted by atomic mass is 10.1. The molecular weight excluding hydrogens is 319 g/mol. The Kier molecular flexibility index (Phi) is 5.48. The van der Waals surface area contributed by atoms with Gasteiger partial charge in [-0.1, -0.05) is 19.4 Å². The average molecular weight is 345 g/mol. The summed E-state index contributed by atoms with van der Waals surface area (Å²) in [6, 6.07) is 6.33. The summed E-state index contributed by atoms with van der Waals surface area (Å²) in [6.45, 7) is 8.88. The predicted octanol–water partition coefficient (Wildman–Crippen LogP) is 1.32. The number of hydrogen-bond acceptors (Lipinski definition) is 2. The van der Waals surface area contributed by atoms with Crippen LogP contribution < -0.4 is 4.90 Å². The van der Waals surface area contributed by atoms with Gasteiger partial charge in [0, 0.05) is 0 Å². The molecule has 3 rings (SSSR count). The highest BCUT2D eigenvalue weighted by atomic mass is 19.1. The summed E-state index contributed by atoms with van der Waals surface area (Å²) in [5.74, 6) is -0.261. The van der Waals surface area contributed by atoms with Gasteiger partial charge in [0.05, 0.1) is 55.9 Å². The Morgan fingerprint density at radius 2 is 2.04 bits per heavy atom. The molecule has 0 bridgehead atoms. The minimum atomic E-state index is -0.304. The predicted molar refractivity (Wildman–Crippen MR) is 94.7 cm³/mol. The highest BCUT2D eigenvalue weighted by Gasteiger charge is 2.27. The highest BCUT2D eigenvalue weighted by Crippen LogP contribution is 2.19. The first-order valence-electron chi connectivity index (χ1n) is 9.09. The maximum absolute atomic E-state index is 13.6. The van der Waals surface area contributed by atoms with Crippen LogP contribution in [-0.4, -0.2) is 53.3 Å². The maximum atomic E-state index is 13.6. The number of quaternary nitrogens is 1. The SMILES string of the molecule is CCCc1c(C(=O)N2CC[NH+](CC)CC2)cnn1-c1cccc(F)c1. The number of carbonyl (C=O) groups excluding carboxylic acids is 1. The fourth-order valence-electron chi connectivity index (χ4n) is 3.41. The van der Waals surface area contributed by atoms with Crippen LogP contribution in [0.2, 0.25) is 0 Å². The molecule has 25 heavy (non-hydrogen) atoms. The minimum absolute atomic E-state index is 0.0428. The van der Waals surface area contributed by atoms with Crippen molar-refractivity contribution in [3.63, 3.8) is 0 Å². The molecule has 0 spiro atoms. The van der Waals surface area contributed by atoms with Crippen molar-refractivity contribution in [2.45, 2.75) is 26.7 Å². The van der Waals surface area contributed by atoms with E-state index in [4.69, 9.17) is 0 Å². The molecule has 2 heterocycles. The zero-order valence-electron chi connectivity index (χ0n) is 15.0. The number of piperazine rings is 1. The molecule has 1 fully saturated rings. The van der Waals surface area contributed by atoms with E-state index in [1.165, 1.54) is 17.0 Å². The number of likely N-dealkylation sites (N-methyl/N-ethyl adjacent to an activating group) is 1. The van der Waals surface area contributed by atoms with E-state index in [-0.39, 0.29) is 11.7 Å². The smallest absolute Gasteiger partial charge is 0.257 e. The van der Waals surface area contributed by atoms with Gasteiger partial charge < -0.3 is 9.80 Å². The fourth-order valence-corrected chi connectivity index (χ4v) is 3.41. The number of halogens is 1. The van der Waals surface area contributed by atoms with E-state index in [2.05, 4.69) is 18.9 Å². The Morgan fingerprint density at radius 3 is 2.68 bits per heavy atom. The van der Waals surface area contributed by atoms with E-state index >= 15 is 0 Å². The molecule has 1 amide bonds. The van der Waals surface area contributed by atoms with Gasteiger partial charge in [-0.15, -0.1) is 0 Å². The van der Waals surface area contributed by atoms with Crippen molar-refractivity contribution < 1.29 is 14.1 Å². The summed E-state index contributed by atoms with van der Waals surface area (Å²) < 4.78 is 15.3. The van der Waals surface area contributed by atoms with Crippen molar-refractivity contribution in [3.05, 3.63) is 47.5 Å². The lowest BCUT2D eigenvalue weighted by molar-refractivity contribution is -0.902. The maximum Gasteiger partial charge on any atom is 0.257 e. The van der Waals surface area contributed by atoms with Gasteiger partial charge >= 0.3 is 0 Å².